The van der Waals surface area contributed by atoms with Crippen LogP contribution < -0.4 is 0 Å². The Morgan fingerprint density at radius 3 is 2.60 bits per heavy atom. The van der Waals surface area contributed by atoms with Gasteiger partial charge in [-0.1, -0.05) is 37.7 Å². The predicted octanol–water partition coefficient (Wildman–Crippen LogP) is 3.99. The maximum atomic E-state index is 5.64. The lowest BCUT2D eigenvalue weighted by Gasteiger charge is -2.04. The highest BCUT2D eigenvalue weighted by Crippen LogP contribution is 2.24. The Kier molecular flexibility index (Phi) is 5.61. The lowest BCUT2D eigenvalue weighted by atomic mass is 10.0. The van der Waals surface area contributed by atoms with Crippen molar-refractivity contribution in [1.29, 1.82) is 0 Å². The normalized spacial score (nSPS) is 11.2. The molecule has 1 heterocycles. The highest BCUT2D eigenvalue weighted by atomic mass is 32.2. The van der Waals surface area contributed by atoms with Crippen molar-refractivity contribution in [1.82, 2.24) is 10.2 Å². The van der Waals surface area contributed by atoms with Gasteiger partial charge in [-0.3, -0.25) is 0 Å². The van der Waals surface area contributed by atoms with Crippen LogP contribution in [0.2, 0.25) is 0 Å². The van der Waals surface area contributed by atoms with Crippen LogP contribution in [0.4, 0.5) is 0 Å². The highest BCUT2D eigenvalue weighted by Gasteiger charge is 2.09. The molecule has 0 spiro atoms. The summed E-state index contributed by atoms with van der Waals surface area (Å²) < 4.78 is 10.9. The third-order valence-corrected chi connectivity index (χ3v) is 3.67. The molecule has 20 heavy (non-hydrogen) atoms. The molecule has 0 atom stereocenters. The van der Waals surface area contributed by atoms with Gasteiger partial charge in [-0.05, 0) is 30.5 Å². The topological polar surface area (TPSA) is 48.2 Å². The molecule has 2 aromatic rings. The van der Waals surface area contributed by atoms with Crippen LogP contribution in [0, 0.1) is 0 Å². The van der Waals surface area contributed by atoms with Gasteiger partial charge in [0.1, 0.15) is 0 Å². The third-order valence-electron chi connectivity index (χ3n) is 2.89. The van der Waals surface area contributed by atoms with Crippen LogP contribution in [-0.4, -0.2) is 29.2 Å². The van der Waals surface area contributed by atoms with Crippen LogP contribution in [0.5, 0.6) is 0 Å². The van der Waals surface area contributed by atoms with Crippen molar-refractivity contribution in [2.24, 2.45) is 0 Å². The summed E-state index contributed by atoms with van der Waals surface area (Å²) in [7, 11) is 0. The molecule has 0 unspecified atom stereocenters. The molecule has 0 saturated carbocycles. The van der Waals surface area contributed by atoms with Gasteiger partial charge >= 0.3 is 0 Å². The second-order valence-electron chi connectivity index (χ2n) is 4.70. The maximum Gasteiger partial charge on any atom is 0.276 e. The Balaban J connectivity index is 1.97. The van der Waals surface area contributed by atoms with Gasteiger partial charge in [0.05, 0.1) is 6.61 Å². The van der Waals surface area contributed by atoms with E-state index < -0.39 is 0 Å². The molecular weight excluding hydrogens is 272 g/mol. The van der Waals surface area contributed by atoms with Crippen LogP contribution in [0.1, 0.15) is 32.3 Å². The zero-order valence-electron chi connectivity index (χ0n) is 12.1. The van der Waals surface area contributed by atoms with E-state index in [2.05, 4.69) is 36.2 Å². The number of nitrogens with zero attached hydrogens (tertiary/aromatic N) is 2. The molecule has 5 heteroatoms. The average Bonchev–Trinajstić information content (AvgIpc) is 2.92. The Bertz CT molecular complexity index is 523. The van der Waals surface area contributed by atoms with Crippen LogP contribution in [-0.2, 0) is 4.74 Å². The number of benzene rings is 1. The van der Waals surface area contributed by atoms with E-state index in [9.17, 15) is 0 Å². The first-order valence-corrected chi connectivity index (χ1v) is 7.83. The maximum absolute atomic E-state index is 5.64. The smallest absolute Gasteiger partial charge is 0.276 e. The van der Waals surface area contributed by atoms with Gasteiger partial charge < -0.3 is 9.15 Å². The van der Waals surface area contributed by atoms with E-state index in [1.165, 1.54) is 17.3 Å². The summed E-state index contributed by atoms with van der Waals surface area (Å²) in [5, 5.41) is 8.71. The third kappa shape index (κ3) is 4.08. The molecule has 0 aliphatic carbocycles. The summed E-state index contributed by atoms with van der Waals surface area (Å²) in [6, 6.07) is 8.26. The number of thioether (sulfide) groups is 1. The zero-order chi connectivity index (χ0) is 14.4. The molecule has 0 N–H and O–H groups in total. The minimum absolute atomic E-state index is 0.524. The summed E-state index contributed by atoms with van der Waals surface area (Å²) in [5.74, 6) is 1.91. The van der Waals surface area contributed by atoms with Gasteiger partial charge in [0, 0.05) is 17.9 Å². The van der Waals surface area contributed by atoms with Crippen molar-refractivity contribution in [3.05, 3.63) is 29.8 Å². The molecule has 0 bridgehead atoms. The molecule has 2 rings (SSSR count). The second-order valence-corrected chi connectivity index (χ2v) is 5.74. The molecule has 108 valence electrons. The minimum Gasteiger partial charge on any atom is -0.411 e. The van der Waals surface area contributed by atoms with Gasteiger partial charge in [0.25, 0.3) is 5.22 Å². The van der Waals surface area contributed by atoms with E-state index in [4.69, 9.17) is 9.15 Å². The standard InChI is InChI=1S/C15H20N2O2S/c1-4-18-9-10-20-15-17-16-14(19-15)13-7-5-12(6-8-13)11(2)3/h5-8,11H,4,9-10H2,1-3H3. The van der Waals surface area contributed by atoms with E-state index in [-0.39, 0.29) is 0 Å². The summed E-state index contributed by atoms with van der Waals surface area (Å²) in [6.45, 7) is 7.76. The fourth-order valence-electron chi connectivity index (χ4n) is 1.73. The molecule has 0 fully saturated rings. The molecule has 0 aliphatic rings. The van der Waals surface area contributed by atoms with E-state index >= 15 is 0 Å². The summed E-state index contributed by atoms with van der Waals surface area (Å²) in [6.07, 6.45) is 0. The van der Waals surface area contributed by atoms with Crippen molar-refractivity contribution >= 4 is 11.8 Å². The average molecular weight is 292 g/mol. The predicted molar refractivity (Wildman–Crippen MR) is 81.0 cm³/mol. The first kappa shape index (κ1) is 15.1. The molecule has 0 saturated heterocycles. The number of rotatable bonds is 7. The van der Waals surface area contributed by atoms with Crippen LogP contribution in [0.3, 0.4) is 0 Å². The highest BCUT2D eigenvalue weighted by molar-refractivity contribution is 7.99. The van der Waals surface area contributed by atoms with Crippen molar-refractivity contribution in [2.75, 3.05) is 19.0 Å². The van der Waals surface area contributed by atoms with Crippen molar-refractivity contribution in [3.63, 3.8) is 0 Å². The van der Waals surface area contributed by atoms with Gasteiger partial charge in [0.2, 0.25) is 5.89 Å². The summed E-state index contributed by atoms with van der Waals surface area (Å²) in [4.78, 5) is 0. The Morgan fingerprint density at radius 1 is 1.20 bits per heavy atom. The molecule has 0 aliphatic heterocycles. The van der Waals surface area contributed by atoms with Crippen molar-refractivity contribution in [3.8, 4) is 11.5 Å². The molecule has 0 radical (unpaired) electrons. The van der Waals surface area contributed by atoms with Gasteiger partial charge in [-0.25, -0.2) is 0 Å². The largest absolute Gasteiger partial charge is 0.411 e. The number of aromatic nitrogens is 2. The summed E-state index contributed by atoms with van der Waals surface area (Å²) >= 11 is 1.52. The fourth-order valence-corrected chi connectivity index (χ4v) is 2.34. The fraction of sp³-hybridized carbons (Fsp3) is 0.467. The zero-order valence-corrected chi connectivity index (χ0v) is 12.9. The first-order chi connectivity index (χ1) is 9.70. The monoisotopic (exact) mass is 292 g/mol. The number of hydrogen-bond acceptors (Lipinski definition) is 5. The van der Waals surface area contributed by atoms with Crippen LogP contribution in [0.15, 0.2) is 33.9 Å². The van der Waals surface area contributed by atoms with E-state index in [0.29, 0.717) is 23.6 Å². The van der Waals surface area contributed by atoms with Crippen LogP contribution in [0.25, 0.3) is 11.5 Å². The number of ether oxygens (including phenoxy) is 1. The lowest BCUT2D eigenvalue weighted by molar-refractivity contribution is 0.164. The lowest BCUT2D eigenvalue weighted by Crippen LogP contribution is -1.95. The molecule has 1 aromatic carbocycles. The Hall–Kier alpha value is -1.33. The first-order valence-electron chi connectivity index (χ1n) is 6.85. The van der Waals surface area contributed by atoms with Gasteiger partial charge in [-0.15, -0.1) is 10.2 Å². The Labute approximate surface area is 123 Å². The van der Waals surface area contributed by atoms with E-state index in [0.717, 1.165) is 17.9 Å². The molecular formula is C15H20N2O2S. The SMILES string of the molecule is CCOCCSc1nnc(-c2ccc(C(C)C)cc2)o1. The molecule has 1 aromatic heterocycles. The Morgan fingerprint density at radius 2 is 1.95 bits per heavy atom. The minimum atomic E-state index is 0.524. The molecule has 0 amide bonds. The van der Waals surface area contributed by atoms with Crippen molar-refractivity contribution < 1.29 is 9.15 Å². The van der Waals surface area contributed by atoms with Gasteiger partial charge in [0.15, 0.2) is 0 Å². The van der Waals surface area contributed by atoms with Crippen LogP contribution >= 0.6 is 11.8 Å². The summed E-state index contributed by atoms with van der Waals surface area (Å²) in [5.41, 5.74) is 2.26. The van der Waals surface area contributed by atoms with E-state index in [1.807, 2.05) is 19.1 Å². The van der Waals surface area contributed by atoms with Gasteiger partial charge in [-0.2, -0.15) is 0 Å². The second kappa shape index (κ2) is 7.45. The quantitative estimate of drug-likeness (QED) is 0.570. The number of hydrogen-bond donors (Lipinski definition) is 0. The van der Waals surface area contributed by atoms with Crippen molar-refractivity contribution in [2.45, 2.75) is 31.9 Å². The van der Waals surface area contributed by atoms with E-state index in [1.54, 1.807) is 0 Å². The molecule has 4 nitrogen and oxygen atoms in total.